The van der Waals surface area contributed by atoms with Gasteiger partial charge in [0.15, 0.2) is 0 Å². The Labute approximate surface area is 242 Å². The second kappa shape index (κ2) is 9.43. The number of aliphatic hydroxyl groups is 1. The summed E-state index contributed by atoms with van der Waals surface area (Å²) in [7, 11) is 0. The Morgan fingerprint density at radius 1 is 0.800 bits per heavy atom. The van der Waals surface area contributed by atoms with E-state index in [4.69, 9.17) is 14.2 Å². The van der Waals surface area contributed by atoms with Crippen LogP contribution < -0.4 is 0 Å². The third-order valence-electron chi connectivity index (χ3n) is 13.8. The largest absolute Gasteiger partial charge is 0.462 e. The first-order chi connectivity index (χ1) is 18.3. The van der Waals surface area contributed by atoms with Crippen molar-refractivity contribution < 1.29 is 28.9 Å². The molecule has 1 N–H and O–H groups in total. The summed E-state index contributed by atoms with van der Waals surface area (Å²) in [6.07, 6.45) is 8.68. The van der Waals surface area contributed by atoms with Crippen LogP contribution in [0.5, 0.6) is 0 Å². The molecule has 5 rings (SSSR count). The maximum atomic E-state index is 12.6. The Morgan fingerprint density at radius 3 is 2.00 bits per heavy atom. The minimum atomic E-state index is -0.872. The molecule has 0 aromatic heterocycles. The smallest absolute Gasteiger partial charge is 0.302 e. The van der Waals surface area contributed by atoms with Crippen LogP contribution in [0.3, 0.4) is 0 Å². The molecule has 0 amide bonds. The lowest BCUT2D eigenvalue weighted by molar-refractivity contribution is -0.254. The number of carbonyl (C=O) groups excluding carboxylic acids is 2. The van der Waals surface area contributed by atoms with Gasteiger partial charge in [-0.2, -0.15) is 0 Å². The molecule has 0 radical (unpaired) electrons. The summed E-state index contributed by atoms with van der Waals surface area (Å²) >= 11 is 0. The van der Waals surface area contributed by atoms with Gasteiger partial charge in [-0.25, -0.2) is 0 Å². The van der Waals surface area contributed by atoms with E-state index in [9.17, 15) is 14.7 Å². The normalized spacial score (nSPS) is 49.9. The van der Waals surface area contributed by atoms with Gasteiger partial charge in [0.1, 0.15) is 12.2 Å². The van der Waals surface area contributed by atoms with Gasteiger partial charge in [0, 0.05) is 25.2 Å². The monoisotopic (exact) mass is 560 g/mol. The summed E-state index contributed by atoms with van der Waals surface area (Å²) in [6, 6.07) is 0. The molecule has 1 aliphatic heterocycles. The molecule has 40 heavy (non-hydrogen) atoms. The number of rotatable bonds is 4. The molecule has 0 aromatic carbocycles. The Morgan fingerprint density at radius 2 is 1.43 bits per heavy atom. The van der Waals surface area contributed by atoms with Gasteiger partial charge in [0.2, 0.25) is 0 Å². The quantitative estimate of drug-likeness (QED) is 0.379. The average Bonchev–Trinajstić information content (AvgIpc) is 3.39. The van der Waals surface area contributed by atoms with Gasteiger partial charge in [-0.05, 0) is 113 Å². The Balaban J connectivity index is 1.52. The number of ether oxygens (including phenoxy) is 3. The molecule has 6 nitrogen and oxygen atoms in total. The highest BCUT2D eigenvalue weighted by Gasteiger charge is 2.72. The lowest BCUT2D eigenvalue weighted by Gasteiger charge is -2.70. The van der Waals surface area contributed by atoms with Crippen LogP contribution in [0.25, 0.3) is 0 Å². The summed E-state index contributed by atoms with van der Waals surface area (Å²) in [4.78, 5) is 24.6. The standard InChI is InChI=1S/C34H56O6/c1-20(35)38-23-19-25-31(7)15-13-26(39-21(2)36)29(3,4)24(31)12-17-32(25,8)33(9)16-11-22(28(23)33)34(10)18-14-27(40-34)30(5,6)37/h22-28,37H,11-19H2,1-10H3/t22-,23?,24-,25?,26+,27+,28?,31-,32+,33+,34-/m0/s1. The van der Waals surface area contributed by atoms with E-state index in [1.165, 1.54) is 6.92 Å². The van der Waals surface area contributed by atoms with Crippen LogP contribution in [0.1, 0.15) is 127 Å². The van der Waals surface area contributed by atoms with E-state index in [2.05, 4.69) is 41.5 Å². The van der Waals surface area contributed by atoms with Crippen molar-refractivity contribution in [2.24, 2.45) is 45.3 Å². The third kappa shape index (κ3) is 4.31. The molecule has 4 aliphatic carbocycles. The first-order valence-electron chi connectivity index (χ1n) is 16.0. The van der Waals surface area contributed by atoms with Crippen molar-refractivity contribution in [1.29, 1.82) is 0 Å². The highest BCUT2D eigenvalue weighted by molar-refractivity contribution is 5.66. The van der Waals surface area contributed by atoms with Crippen LogP contribution in [-0.2, 0) is 23.8 Å². The van der Waals surface area contributed by atoms with Gasteiger partial charge in [0.25, 0.3) is 0 Å². The molecule has 0 spiro atoms. The fourth-order valence-electron chi connectivity index (χ4n) is 11.8. The Hall–Kier alpha value is -1.14. The molecule has 5 aliphatic rings. The predicted molar refractivity (Wildman–Crippen MR) is 154 cm³/mol. The summed E-state index contributed by atoms with van der Waals surface area (Å²) in [5, 5.41) is 10.8. The first kappa shape index (κ1) is 30.3. The van der Waals surface area contributed by atoms with E-state index >= 15 is 0 Å². The van der Waals surface area contributed by atoms with Gasteiger partial charge >= 0.3 is 11.9 Å². The molecule has 3 unspecified atom stereocenters. The number of esters is 2. The van der Waals surface area contributed by atoms with Crippen LogP contribution in [0, 0.1) is 45.3 Å². The lowest BCUT2D eigenvalue weighted by Crippen LogP contribution is -2.67. The van der Waals surface area contributed by atoms with Crippen molar-refractivity contribution in [3.05, 3.63) is 0 Å². The summed E-state index contributed by atoms with van der Waals surface area (Å²) < 4.78 is 19.0. The predicted octanol–water partition coefficient (Wildman–Crippen LogP) is 6.85. The van der Waals surface area contributed by atoms with E-state index in [0.29, 0.717) is 11.8 Å². The molecule has 1 saturated heterocycles. The molecule has 5 fully saturated rings. The maximum absolute atomic E-state index is 12.6. The van der Waals surface area contributed by atoms with Gasteiger partial charge in [-0.3, -0.25) is 9.59 Å². The second-order valence-corrected chi connectivity index (χ2v) is 16.6. The van der Waals surface area contributed by atoms with Gasteiger partial charge in [-0.1, -0.05) is 34.6 Å². The molecule has 228 valence electrons. The SMILES string of the molecule is CC(=O)OC1CC2[C@@]3(C)CC[C@@H](OC(C)=O)C(C)(C)[C@@H]3CC[C@@]2(C)[C@]2(C)CC[C@H]([C@]3(C)CC[C@H](C(C)(C)O)O3)C12. The van der Waals surface area contributed by atoms with Crippen LogP contribution in [0.15, 0.2) is 0 Å². The third-order valence-corrected chi connectivity index (χ3v) is 13.8. The zero-order valence-corrected chi connectivity index (χ0v) is 26.9. The second-order valence-electron chi connectivity index (χ2n) is 16.6. The van der Waals surface area contributed by atoms with Crippen molar-refractivity contribution in [2.45, 2.75) is 157 Å². The van der Waals surface area contributed by atoms with Crippen LogP contribution in [0.4, 0.5) is 0 Å². The minimum Gasteiger partial charge on any atom is -0.462 e. The van der Waals surface area contributed by atoms with E-state index < -0.39 is 5.60 Å². The molecular weight excluding hydrogens is 504 g/mol. The molecule has 0 aromatic rings. The average molecular weight is 561 g/mol. The number of carbonyl (C=O) groups is 2. The number of fused-ring (bicyclic) bond motifs is 5. The molecule has 11 atom stereocenters. The van der Waals surface area contributed by atoms with Gasteiger partial charge in [0.05, 0.1) is 17.3 Å². The summed E-state index contributed by atoms with van der Waals surface area (Å²) in [5.74, 6) is 1.00. The zero-order valence-electron chi connectivity index (χ0n) is 26.9. The molecule has 1 heterocycles. The topological polar surface area (TPSA) is 82.1 Å². The summed E-state index contributed by atoms with van der Waals surface area (Å²) in [6.45, 7) is 21.2. The molecule has 4 saturated carbocycles. The van der Waals surface area contributed by atoms with Crippen molar-refractivity contribution in [1.82, 2.24) is 0 Å². The fraction of sp³-hybridized carbons (Fsp3) is 0.941. The first-order valence-corrected chi connectivity index (χ1v) is 16.0. The maximum Gasteiger partial charge on any atom is 0.302 e. The van der Waals surface area contributed by atoms with Crippen molar-refractivity contribution in [2.75, 3.05) is 0 Å². The van der Waals surface area contributed by atoms with Crippen molar-refractivity contribution >= 4 is 11.9 Å². The number of hydrogen-bond acceptors (Lipinski definition) is 6. The van der Waals surface area contributed by atoms with Crippen LogP contribution >= 0.6 is 0 Å². The van der Waals surface area contributed by atoms with Gasteiger partial charge in [-0.15, -0.1) is 0 Å². The number of hydrogen-bond donors (Lipinski definition) is 1. The fourth-order valence-corrected chi connectivity index (χ4v) is 11.8. The van der Waals surface area contributed by atoms with E-state index in [1.807, 2.05) is 13.8 Å². The zero-order chi connectivity index (χ0) is 29.7. The highest BCUT2D eigenvalue weighted by atomic mass is 16.6. The molecule has 0 bridgehead atoms. The van der Waals surface area contributed by atoms with E-state index in [-0.39, 0.29) is 69.3 Å². The van der Waals surface area contributed by atoms with Crippen LogP contribution in [-0.4, -0.2) is 46.6 Å². The highest BCUT2D eigenvalue weighted by Crippen LogP contribution is 2.76. The minimum absolute atomic E-state index is 0.0186. The van der Waals surface area contributed by atoms with E-state index in [0.717, 1.165) is 57.8 Å². The Kier molecular flexibility index (Phi) is 7.15. The van der Waals surface area contributed by atoms with Crippen LogP contribution in [0.2, 0.25) is 0 Å². The van der Waals surface area contributed by atoms with E-state index in [1.54, 1.807) is 6.92 Å². The van der Waals surface area contributed by atoms with Crippen molar-refractivity contribution in [3.63, 3.8) is 0 Å². The van der Waals surface area contributed by atoms with Crippen molar-refractivity contribution in [3.8, 4) is 0 Å². The van der Waals surface area contributed by atoms with Gasteiger partial charge < -0.3 is 19.3 Å². The Bertz CT molecular complexity index is 1030. The summed E-state index contributed by atoms with van der Waals surface area (Å²) in [5.41, 5.74) is -1.10. The lowest BCUT2D eigenvalue weighted by atomic mass is 9.35. The molecule has 6 heteroatoms. The molecular formula is C34H56O6.